The van der Waals surface area contributed by atoms with Crippen LogP contribution in [0.3, 0.4) is 0 Å². The van der Waals surface area contributed by atoms with Crippen LogP contribution in [0.1, 0.15) is 45.4 Å². The maximum absolute atomic E-state index is 4.81. The first-order valence-corrected chi connectivity index (χ1v) is 11.2. The van der Waals surface area contributed by atoms with Crippen LogP contribution in [0.2, 0.25) is 0 Å². The number of benzene rings is 1. The molecule has 1 aromatic carbocycles. The van der Waals surface area contributed by atoms with Gasteiger partial charge in [-0.2, -0.15) is 5.10 Å². The van der Waals surface area contributed by atoms with Crippen molar-refractivity contribution in [3.63, 3.8) is 0 Å². The van der Waals surface area contributed by atoms with E-state index >= 15 is 0 Å². The van der Waals surface area contributed by atoms with E-state index in [4.69, 9.17) is 4.98 Å². The smallest absolute Gasteiger partial charge is 0.180 e. The molecule has 31 heavy (non-hydrogen) atoms. The first kappa shape index (κ1) is 21.2. The van der Waals surface area contributed by atoms with E-state index < -0.39 is 0 Å². The number of aryl methyl sites for hydroxylation is 2. The molecule has 0 fully saturated rings. The number of anilines is 1. The third-order valence-corrected chi connectivity index (χ3v) is 5.70. The highest BCUT2D eigenvalue weighted by molar-refractivity contribution is 5.83. The summed E-state index contributed by atoms with van der Waals surface area (Å²) >= 11 is 0. The highest BCUT2D eigenvalue weighted by atomic mass is 15.3. The van der Waals surface area contributed by atoms with Gasteiger partial charge in [0.2, 0.25) is 0 Å². The largest absolute Gasteiger partial charge is 0.371 e. The van der Waals surface area contributed by atoms with Crippen molar-refractivity contribution < 1.29 is 0 Å². The lowest BCUT2D eigenvalue weighted by molar-refractivity contribution is 0.513. The average molecular weight is 417 g/mol. The van der Waals surface area contributed by atoms with Gasteiger partial charge in [-0.15, -0.1) is 0 Å². The van der Waals surface area contributed by atoms with E-state index in [1.807, 2.05) is 36.8 Å². The molecule has 3 aromatic heterocycles. The third kappa shape index (κ3) is 4.53. The van der Waals surface area contributed by atoms with E-state index in [1.54, 1.807) is 0 Å². The van der Waals surface area contributed by atoms with Gasteiger partial charge in [0.05, 0.1) is 17.4 Å². The molecule has 4 rings (SSSR count). The van der Waals surface area contributed by atoms with E-state index in [-0.39, 0.29) is 0 Å². The molecule has 0 saturated carbocycles. The Hall–Kier alpha value is -3.02. The minimum atomic E-state index is 0.606. The van der Waals surface area contributed by atoms with E-state index in [0.717, 1.165) is 46.6 Å². The maximum atomic E-state index is 4.81. The maximum Gasteiger partial charge on any atom is 0.180 e. The number of fused-ring (bicyclic) bond motifs is 2. The second-order valence-electron chi connectivity index (χ2n) is 9.11. The fraction of sp³-hybridized carbons (Fsp3) is 0.440. The van der Waals surface area contributed by atoms with Crippen LogP contribution in [0.5, 0.6) is 0 Å². The number of hydrogen-bond donors (Lipinski definition) is 0. The highest BCUT2D eigenvalue weighted by Crippen LogP contribution is 2.25. The summed E-state index contributed by atoms with van der Waals surface area (Å²) in [7, 11) is 0. The molecule has 0 spiro atoms. The van der Waals surface area contributed by atoms with Crippen LogP contribution >= 0.6 is 0 Å². The Morgan fingerprint density at radius 2 is 1.84 bits per heavy atom. The topological polar surface area (TPSA) is 59.2 Å². The molecule has 3 heterocycles. The number of aromatic nitrogens is 5. The van der Waals surface area contributed by atoms with Gasteiger partial charge in [0, 0.05) is 30.4 Å². The minimum absolute atomic E-state index is 0.606. The van der Waals surface area contributed by atoms with Crippen molar-refractivity contribution in [2.75, 3.05) is 18.0 Å². The number of nitrogens with zero attached hydrogens (tertiary/aromatic N) is 6. The Labute approximate surface area is 184 Å². The molecule has 1 atom stereocenters. The van der Waals surface area contributed by atoms with Crippen molar-refractivity contribution in [3.8, 4) is 11.5 Å². The Bertz CT molecular complexity index is 1210. The quantitative estimate of drug-likeness (QED) is 0.400. The zero-order valence-electron chi connectivity index (χ0n) is 19.4. The Morgan fingerprint density at radius 3 is 2.58 bits per heavy atom. The van der Waals surface area contributed by atoms with Gasteiger partial charge in [0.1, 0.15) is 5.69 Å². The van der Waals surface area contributed by atoms with Crippen molar-refractivity contribution >= 4 is 22.2 Å². The lowest BCUT2D eigenvalue weighted by atomic mass is 10.1. The molecule has 0 aliphatic carbocycles. The Morgan fingerprint density at radius 1 is 1.03 bits per heavy atom. The summed E-state index contributed by atoms with van der Waals surface area (Å²) in [6.45, 7) is 15.2. The monoisotopic (exact) mass is 416 g/mol. The summed E-state index contributed by atoms with van der Waals surface area (Å²) in [4.78, 5) is 16.5. The summed E-state index contributed by atoms with van der Waals surface area (Å²) < 4.78 is 1.81. The third-order valence-electron chi connectivity index (χ3n) is 5.70. The molecule has 0 aliphatic heterocycles. The van der Waals surface area contributed by atoms with Crippen LogP contribution in [0, 0.1) is 25.7 Å². The minimum Gasteiger partial charge on any atom is -0.371 e. The molecule has 6 heteroatoms. The first-order chi connectivity index (χ1) is 14.8. The average Bonchev–Trinajstić information content (AvgIpc) is 3.13. The van der Waals surface area contributed by atoms with Gasteiger partial charge in [0.15, 0.2) is 11.5 Å². The molecule has 0 N–H and O–H groups in total. The second-order valence-corrected chi connectivity index (χ2v) is 9.11. The zero-order valence-corrected chi connectivity index (χ0v) is 19.4. The van der Waals surface area contributed by atoms with Crippen molar-refractivity contribution in [2.45, 2.75) is 48.0 Å². The molecule has 6 nitrogen and oxygen atoms in total. The second kappa shape index (κ2) is 8.61. The van der Waals surface area contributed by atoms with Gasteiger partial charge in [-0.1, -0.05) is 34.1 Å². The van der Waals surface area contributed by atoms with Crippen molar-refractivity contribution in [1.29, 1.82) is 0 Å². The molecule has 0 saturated heterocycles. The number of hydrogen-bond acceptors (Lipinski definition) is 5. The lowest BCUT2D eigenvalue weighted by Crippen LogP contribution is -2.31. The molecule has 0 bridgehead atoms. The van der Waals surface area contributed by atoms with E-state index in [2.05, 4.69) is 65.9 Å². The molecule has 0 amide bonds. The van der Waals surface area contributed by atoms with Crippen molar-refractivity contribution in [2.24, 2.45) is 11.8 Å². The SMILES string of the molecule is CC[C@@H](C)CN(CC(C)C)c1ccc2nc(-c3cc(C)c4nc(C)cn4n3)ncc2c1. The summed E-state index contributed by atoms with van der Waals surface area (Å²) in [5.74, 6) is 1.90. The summed E-state index contributed by atoms with van der Waals surface area (Å²) in [6, 6.07) is 8.51. The molecule has 0 aliphatic rings. The van der Waals surface area contributed by atoms with Gasteiger partial charge >= 0.3 is 0 Å². The van der Waals surface area contributed by atoms with Crippen LogP contribution in [-0.2, 0) is 0 Å². The van der Waals surface area contributed by atoms with Crippen molar-refractivity contribution in [3.05, 3.63) is 47.9 Å². The summed E-state index contributed by atoms with van der Waals surface area (Å²) in [5, 5.41) is 5.73. The molecule has 0 unspecified atom stereocenters. The predicted octanol–water partition coefficient (Wildman–Crippen LogP) is 5.46. The highest BCUT2D eigenvalue weighted by Gasteiger charge is 2.14. The first-order valence-electron chi connectivity index (χ1n) is 11.2. The Kier molecular flexibility index (Phi) is 5.90. The molecule has 162 valence electrons. The van der Waals surface area contributed by atoms with Gasteiger partial charge in [-0.25, -0.2) is 19.5 Å². The molecule has 4 aromatic rings. The fourth-order valence-electron chi connectivity index (χ4n) is 3.93. The normalized spacial score (nSPS) is 12.7. The van der Waals surface area contributed by atoms with Gasteiger partial charge in [-0.05, 0) is 55.5 Å². The lowest BCUT2D eigenvalue weighted by Gasteiger charge is -2.29. The van der Waals surface area contributed by atoms with Crippen LogP contribution in [0.4, 0.5) is 5.69 Å². The van der Waals surface area contributed by atoms with Crippen molar-refractivity contribution in [1.82, 2.24) is 24.6 Å². The van der Waals surface area contributed by atoms with Gasteiger partial charge in [0.25, 0.3) is 0 Å². The van der Waals surface area contributed by atoms with Crippen LogP contribution in [0.25, 0.3) is 28.1 Å². The van der Waals surface area contributed by atoms with Crippen LogP contribution < -0.4 is 4.90 Å². The fourth-order valence-corrected chi connectivity index (χ4v) is 3.93. The van der Waals surface area contributed by atoms with Gasteiger partial charge < -0.3 is 4.90 Å². The van der Waals surface area contributed by atoms with E-state index in [1.165, 1.54) is 12.1 Å². The Balaban J connectivity index is 1.69. The predicted molar refractivity (Wildman–Crippen MR) is 127 cm³/mol. The summed E-state index contributed by atoms with van der Waals surface area (Å²) in [6.07, 6.45) is 5.03. The molecular formula is C25H32N6. The standard InChI is InChI=1S/C25H32N6/c1-7-17(4)14-30(13-16(2)3)21-8-9-22-20(11-21)12-26-24(28-22)23-10-18(5)25-27-19(6)15-31(25)29-23/h8-12,15-17H,7,13-14H2,1-6H3/t17-/m1/s1. The molecule has 0 radical (unpaired) electrons. The number of imidazole rings is 1. The van der Waals surface area contributed by atoms with Gasteiger partial charge in [-0.3, -0.25) is 0 Å². The molecular weight excluding hydrogens is 384 g/mol. The number of rotatable bonds is 7. The van der Waals surface area contributed by atoms with E-state index in [0.29, 0.717) is 17.7 Å². The van der Waals surface area contributed by atoms with Crippen LogP contribution in [0.15, 0.2) is 36.7 Å². The van der Waals surface area contributed by atoms with E-state index in [9.17, 15) is 0 Å². The van der Waals surface area contributed by atoms with Crippen LogP contribution in [-0.4, -0.2) is 37.7 Å². The zero-order chi connectivity index (χ0) is 22.1. The summed E-state index contributed by atoms with van der Waals surface area (Å²) in [5.41, 5.74) is 5.81.